The van der Waals surface area contributed by atoms with E-state index < -0.39 is 0 Å². The van der Waals surface area contributed by atoms with Gasteiger partial charge < -0.3 is 4.90 Å². The zero-order valence-corrected chi connectivity index (χ0v) is 35.8. The van der Waals surface area contributed by atoms with Crippen LogP contribution < -0.4 is 4.90 Å². The maximum atomic E-state index is 2.43. The van der Waals surface area contributed by atoms with Crippen LogP contribution in [0.25, 0.3) is 106 Å². The number of nitrogens with zero attached hydrogens (tertiary/aromatic N) is 1. The molecule has 11 aromatic carbocycles. The van der Waals surface area contributed by atoms with E-state index in [1.165, 1.54) is 106 Å². The highest BCUT2D eigenvalue weighted by atomic mass is 32.1. The number of thiophene rings is 2. The van der Waals surface area contributed by atoms with Gasteiger partial charge >= 0.3 is 0 Å². The summed E-state index contributed by atoms with van der Waals surface area (Å²) in [7, 11) is 0. The van der Waals surface area contributed by atoms with Crippen molar-refractivity contribution in [2.75, 3.05) is 4.90 Å². The van der Waals surface area contributed by atoms with Gasteiger partial charge in [-0.1, -0.05) is 158 Å². The van der Waals surface area contributed by atoms with E-state index in [1.54, 1.807) is 0 Å². The molecule has 3 heteroatoms. The smallest absolute Gasteiger partial charge is 0.0467 e. The van der Waals surface area contributed by atoms with Crippen molar-refractivity contribution in [3.05, 3.63) is 224 Å². The van der Waals surface area contributed by atoms with E-state index in [4.69, 9.17) is 0 Å². The molecule has 0 aliphatic heterocycles. The van der Waals surface area contributed by atoms with Crippen molar-refractivity contribution in [1.82, 2.24) is 0 Å². The van der Waals surface area contributed by atoms with Crippen molar-refractivity contribution in [2.24, 2.45) is 0 Å². The number of hydrogen-bond acceptors (Lipinski definition) is 3. The fourth-order valence-corrected chi connectivity index (χ4v) is 12.1. The molecular formula is C60H37NS2. The zero-order valence-electron chi connectivity index (χ0n) is 34.1. The first-order valence-electron chi connectivity index (χ1n) is 21.5. The van der Waals surface area contributed by atoms with Crippen LogP contribution in [0.15, 0.2) is 224 Å². The van der Waals surface area contributed by atoms with Gasteiger partial charge in [-0.25, -0.2) is 0 Å². The number of anilines is 3. The van der Waals surface area contributed by atoms with Crippen molar-refractivity contribution in [2.45, 2.75) is 0 Å². The molecule has 2 aromatic heterocycles. The van der Waals surface area contributed by atoms with E-state index in [9.17, 15) is 0 Å². The average Bonchev–Trinajstić information content (AvgIpc) is 3.93. The second-order valence-electron chi connectivity index (χ2n) is 16.4. The average molecular weight is 836 g/mol. The molecule has 63 heavy (non-hydrogen) atoms. The van der Waals surface area contributed by atoms with Crippen LogP contribution in [0.1, 0.15) is 0 Å². The summed E-state index contributed by atoms with van der Waals surface area (Å²) >= 11 is 3.79. The predicted octanol–water partition coefficient (Wildman–Crippen LogP) is 18.4. The Labute approximate surface area is 373 Å². The highest BCUT2D eigenvalue weighted by Gasteiger charge is 2.18. The molecule has 0 fully saturated rings. The maximum Gasteiger partial charge on any atom is 0.0467 e. The van der Waals surface area contributed by atoms with Crippen LogP contribution >= 0.6 is 22.7 Å². The Morgan fingerprint density at radius 3 is 1.37 bits per heavy atom. The van der Waals surface area contributed by atoms with Crippen molar-refractivity contribution in [3.63, 3.8) is 0 Å². The SMILES string of the molecule is c1cc(-c2ccc3sc4ccc5ccc6sc7ccccc7c6c5c4c3c2)cc(N(c2ccc(-c3cccc4ccccc34)cc2)c2ccc(-c3cccc4ccccc34)cc2)c1. The molecule has 0 amide bonds. The van der Waals surface area contributed by atoms with E-state index in [-0.39, 0.29) is 0 Å². The standard InChI is InChI=1S/C60H37NS2/c1-3-16-48-38(10-1)12-8-19-50(48)40-22-29-45(30-23-40)61(46-31-24-41(25-32-46)51-20-9-13-39-11-2-4-17-49(39)51)47-15-7-14-43(36-47)44-28-33-55-53(37-44)60-57(63-55)35-27-42-26-34-56-59(58(42)60)52-18-5-6-21-54(52)62-56/h1-37H. The molecule has 0 radical (unpaired) electrons. The topological polar surface area (TPSA) is 3.24 Å². The van der Waals surface area contributed by atoms with E-state index in [0.717, 1.165) is 17.1 Å². The second-order valence-corrected chi connectivity index (χ2v) is 18.6. The first-order valence-corrected chi connectivity index (χ1v) is 23.1. The Bertz CT molecular complexity index is 3770. The predicted molar refractivity (Wildman–Crippen MR) is 276 cm³/mol. The van der Waals surface area contributed by atoms with Crippen LogP contribution in [0.2, 0.25) is 0 Å². The molecule has 0 aliphatic carbocycles. The Balaban J connectivity index is 0.953. The minimum Gasteiger partial charge on any atom is -0.310 e. The van der Waals surface area contributed by atoms with Crippen molar-refractivity contribution in [3.8, 4) is 33.4 Å². The van der Waals surface area contributed by atoms with Crippen molar-refractivity contribution in [1.29, 1.82) is 0 Å². The minimum absolute atomic E-state index is 1.10. The summed E-state index contributed by atoms with van der Waals surface area (Å²) in [5, 5.41) is 13.1. The molecule has 0 N–H and O–H groups in total. The highest BCUT2D eigenvalue weighted by molar-refractivity contribution is 7.27. The molecule has 0 saturated heterocycles. The van der Waals surface area contributed by atoms with Crippen LogP contribution in [0.3, 0.4) is 0 Å². The molecule has 13 rings (SSSR count). The monoisotopic (exact) mass is 835 g/mol. The summed E-state index contributed by atoms with van der Waals surface area (Å²) < 4.78 is 5.32. The number of fused-ring (bicyclic) bond motifs is 11. The van der Waals surface area contributed by atoms with Crippen LogP contribution in [0.5, 0.6) is 0 Å². The molecule has 0 aliphatic rings. The first-order chi connectivity index (χ1) is 31.2. The largest absolute Gasteiger partial charge is 0.310 e. The zero-order chi connectivity index (χ0) is 41.4. The molecule has 1 nitrogen and oxygen atoms in total. The van der Waals surface area contributed by atoms with E-state index in [1.807, 2.05) is 22.7 Å². The van der Waals surface area contributed by atoms with E-state index >= 15 is 0 Å². The Morgan fingerprint density at radius 1 is 0.254 bits per heavy atom. The number of rotatable bonds is 6. The van der Waals surface area contributed by atoms with Gasteiger partial charge in [0.25, 0.3) is 0 Å². The van der Waals surface area contributed by atoms with Gasteiger partial charge in [0.05, 0.1) is 0 Å². The van der Waals surface area contributed by atoms with Crippen LogP contribution in [0, 0.1) is 0 Å². The van der Waals surface area contributed by atoms with Gasteiger partial charge in [-0.05, 0) is 127 Å². The molecule has 13 aromatic rings. The fourth-order valence-electron chi connectivity index (χ4n) is 9.88. The number of benzene rings is 11. The van der Waals surface area contributed by atoms with Crippen LogP contribution in [-0.4, -0.2) is 0 Å². The molecule has 2 heterocycles. The number of hydrogen-bond donors (Lipinski definition) is 0. The summed E-state index contributed by atoms with van der Waals surface area (Å²) in [6.45, 7) is 0. The molecule has 294 valence electrons. The lowest BCUT2D eigenvalue weighted by molar-refractivity contribution is 1.28. The maximum absolute atomic E-state index is 2.43. The summed E-state index contributed by atoms with van der Waals surface area (Å²) in [6.07, 6.45) is 0. The molecule has 0 unspecified atom stereocenters. The van der Waals surface area contributed by atoms with Gasteiger partial charge in [0.15, 0.2) is 0 Å². The van der Waals surface area contributed by atoms with Gasteiger partial charge in [-0.15, -0.1) is 22.7 Å². The quantitative estimate of drug-likeness (QED) is 0.161. The fraction of sp³-hybridized carbons (Fsp3) is 0. The van der Waals surface area contributed by atoms with Gasteiger partial charge in [0, 0.05) is 62.8 Å². The van der Waals surface area contributed by atoms with Gasteiger partial charge in [0.1, 0.15) is 0 Å². The molecule has 0 saturated carbocycles. The molecule has 0 atom stereocenters. The first kappa shape index (κ1) is 36.1. The lowest BCUT2D eigenvalue weighted by Gasteiger charge is -2.26. The van der Waals surface area contributed by atoms with Crippen molar-refractivity contribution >= 4 is 112 Å². The lowest BCUT2D eigenvalue weighted by atomic mass is 9.96. The Kier molecular flexibility index (Phi) is 8.33. The summed E-state index contributed by atoms with van der Waals surface area (Å²) in [4.78, 5) is 2.40. The molecule has 0 bridgehead atoms. The van der Waals surface area contributed by atoms with Crippen molar-refractivity contribution < 1.29 is 0 Å². The third-order valence-electron chi connectivity index (χ3n) is 12.8. The third kappa shape index (κ3) is 5.96. The minimum atomic E-state index is 1.10. The summed E-state index contributed by atoms with van der Waals surface area (Å²) in [5.74, 6) is 0. The van der Waals surface area contributed by atoms with Gasteiger partial charge in [-0.3, -0.25) is 0 Å². The van der Waals surface area contributed by atoms with Gasteiger partial charge in [0.2, 0.25) is 0 Å². The van der Waals surface area contributed by atoms with Crippen LogP contribution in [0.4, 0.5) is 17.1 Å². The Morgan fingerprint density at radius 2 is 0.730 bits per heavy atom. The summed E-state index contributed by atoms with van der Waals surface area (Å²) in [6, 6.07) is 82.8. The van der Waals surface area contributed by atoms with E-state index in [0.29, 0.717) is 0 Å². The van der Waals surface area contributed by atoms with Crippen LogP contribution in [-0.2, 0) is 0 Å². The third-order valence-corrected chi connectivity index (χ3v) is 15.1. The molecular weight excluding hydrogens is 799 g/mol. The molecule has 0 spiro atoms. The normalized spacial score (nSPS) is 11.8. The van der Waals surface area contributed by atoms with Gasteiger partial charge in [-0.2, -0.15) is 0 Å². The highest BCUT2D eigenvalue weighted by Crippen LogP contribution is 2.47. The second kappa shape index (κ2) is 14.5. The lowest BCUT2D eigenvalue weighted by Crippen LogP contribution is -2.10. The van der Waals surface area contributed by atoms with E-state index in [2.05, 4.69) is 229 Å². The summed E-state index contributed by atoms with van der Waals surface area (Å²) in [5.41, 5.74) is 10.6. The Hall–Kier alpha value is -7.56.